The van der Waals surface area contributed by atoms with E-state index in [0.29, 0.717) is 10.7 Å². The summed E-state index contributed by atoms with van der Waals surface area (Å²) in [7, 11) is -3.67. The molecule has 0 heterocycles. The molecule has 0 bridgehead atoms. The molecule has 2 rings (SSSR count). The van der Waals surface area contributed by atoms with Gasteiger partial charge in [-0.1, -0.05) is 50.6 Å². The molecule has 0 aliphatic heterocycles. The van der Waals surface area contributed by atoms with Gasteiger partial charge in [0.25, 0.3) is 0 Å². The Morgan fingerprint density at radius 2 is 1.73 bits per heavy atom. The molecule has 0 aliphatic carbocycles. The second kappa shape index (κ2) is 9.71. The maximum atomic E-state index is 12.6. The van der Waals surface area contributed by atoms with Crippen molar-refractivity contribution < 1.29 is 17.9 Å². The summed E-state index contributed by atoms with van der Waals surface area (Å²) in [6.45, 7) is 8.38. The summed E-state index contributed by atoms with van der Waals surface area (Å²) in [6.07, 6.45) is 1.07. The first-order valence-electron chi connectivity index (χ1n) is 9.66. The van der Waals surface area contributed by atoms with Crippen molar-refractivity contribution >= 4 is 33.2 Å². The molecule has 1 N–H and O–H groups in total. The molecule has 0 fully saturated rings. The minimum atomic E-state index is -3.67. The first kappa shape index (κ1) is 24.0. The highest BCUT2D eigenvalue weighted by Crippen LogP contribution is 2.30. The van der Waals surface area contributed by atoms with Crippen LogP contribution in [-0.4, -0.2) is 39.8 Å². The molecule has 0 aliphatic rings. The highest BCUT2D eigenvalue weighted by atomic mass is 35.5. The van der Waals surface area contributed by atoms with Crippen LogP contribution in [-0.2, 0) is 20.2 Å². The molecule has 8 heteroatoms. The number of nitrogens with zero attached hydrogens (tertiary/aromatic N) is 1. The first-order valence-corrected chi connectivity index (χ1v) is 11.9. The molecule has 0 spiro atoms. The van der Waals surface area contributed by atoms with E-state index in [0.717, 1.165) is 21.9 Å². The number of nitrogens with one attached hydrogen (secondary N) is 1. The summed E-state index contributed by atoms with van der Waals surface area (Å²) < 4.78 is 31.5. The third-order valence-electron chi connectivity index (χ3n) is 4.52. The van der Waals surface area contributed by atoms with E-state index in [1.807, 2.05) is 24.3 Å². The first-order chi connectivity index (χ1) is 13.9. The van der Waals surface area contributed by atoms with Gasteiger partial charge in [0.05, 0.1) is 18.5 Å². The largest absolute Gasteiger partial charge is 0.491 e. The van der Waals surface area contributed by atoms with E-state index in [1.165, 1.54) is 0 Å². The van der Waals surface area contributed by atoms with Gasteiger partial charge in [0.2, 0.25) is 15.9 Å². The maximum absolute atomic E-state index is 12.6. The molecule has 2 aromatic rings. The van der Waals surface area contributed by atoms with Gasteiger partial charge in [0.15, 0.2) is 0 Å². The Balaban J connectivity index is 2.01. The number of hydrogen-bond donors (Lipinski definition) is 1. The lowest BCUT2D eigenvalue weighted by Crippen LogP contribution is -2.48. The molecule has 2 aromatic carbocycles. The molecule has 1 amide bonds. The number of halogens is 1. The number of hydrogen-bond acceptors (Lipinski definition) is 4. The van der Waals surface area contributed by atoms with Crippen LogP contribution in [0.4, 0.5) is 5.69 Å². The zero-order chi connectivity index (χ0) is 22.5. The average molecular weight is 453 g/mol. The second-order valence-electron chi connectivity index (χ2n) is 8.10. The number of sulfonamides is 1. The van der Waals surface area contributed by atoms with E-state index in [1.54, 1.807) is 31.2 Å². The Hall–Kier alpha value is -2.25. The van der Waals surface area contributed by atoms with Gasteiger partial charge in [-0.3, -0.25) is 9.10 Å². The van der Waals surface area contributed by atoms with E-state index < -0.39 is 22.0 Å². The van der Waals surface area contributed by atoms with Crippen molar-refractivity contribution in [1.29, 1.82) is 0 Å². The fourth-order valence-electron chi connectivity index (χ4n) is 3.09. The summed E-state index contributed by atoms with van der Waals surface area (Å²) in [5.74, 6) is 0.356. The van der Waals surface area contributed by atoms with Crippen molar-refractivity contribution in [1.82, 2.24) is 5.32 Å². The predicted molar refractivity (Wildman–Crippen MR) is 122 cm³/mol. The van der Waals surface area contributed by atoms with Gasteiger partial charge in [0.1, 0.15) is 18.4 Å². The van der Waals surface area contributed by atoms with Crippen LogP contribution in [0.5, 0.6) is 5.75 Å². The lowest BCUT2D eigenvalue weighted by molar-refractivity contribution is -0.121. The molecule has 164 valence electrons. The Morgan fingerprint density at radius 3 is 2.30 bits per heavy atom. The lowest BCUT2D eigenvalue weighted by Gasteiger charge is -2.28. The molecule has 0 radical (unpaired) electrons. The van der Waals surface area contributed by atoms with E-state index in [-0.39, 0.29) is 18.6 Å². The molecular weight excluding hydrogens is 424 g/mol. The zero-order valence-corrected chi connectivity index (χ0v) is 19.5. The monoisotopic (exact) mass is 452 g/mol. The van der Waals surface area contributed by atoms with Crippen LogP contribution in [0, 0.1) is 0 Å². The number of ether oxygens (including phenoxy) is 1. The average Bonchev–Trinajstić information content (AvgIpc) is 2.65. The van der Waals surface area contributed by atoms with E-state index >= 15 is 0 Å². The van der Waals surface area contributed by atoms with Crippen LogP contribution >= 0.6 is 11.6 Å². The Labute approximate surface area is 184 Å². The van der Waals surface area contributed by atoms with Gasteiger partial charge in [0, 0.05) is 5.02 Å². The summed E-state index contributed by atoms with van der Waals surface area (Å²) in [6, 6.07) is 13.2. The Morgan fingerprint density at radius 1 is 1.13 bits per heavy atom. The van der Waals surface area contributed by atoms with Gasteiger partial charge >= 0.3 is 0 Å². The standard InChI is InChI=1S/C22H29ClN2O4S/c1-16(25(30(5,27)28)18-12-10-17(23)11-13-18)21(26)24-14-15-29-20-9-7-6-8-19(20)22(2,3)4/h6-13,16H,14-15H2,1-5H3,(H,24,26)/t16-/m1/s1. The maximum Gasteiger partial charge on any atom is 0.243 e. The topological polar surface area (TPSA) is 75.7 Å². The van der Waals surface area contributed by atoms with Crippen LogP contribution in [0.15, 0.2) is 48.5 Å². The number of amides is 1. The molecule has 1 atom stereocenters. The SMILES string of the molecule is C[C@H](C(=O)NCCOc1ccccc1C(C)(C)C)N(c1ccc(Cl)cc1)S(C)(=O)=O. The van der Waals surface area contributed by atoms with E-state index in [9.17, 15) is 13.2 Å². The normalized spacial score (nSPS) is 12.9. The quantitative estimate of drug-likeness (QED) is 0.614. The van der Waals surface area contributed by atoms with Crippen LogP contribution < -0.4 is 14.4 Å². The van der Waals surface area contributed by atoms with E-state index in [2.05, 4.69) is 26.1 Å². The fourth-order valence-corrected chi connectivity index (χ4v) is 4.39. The van der Waals surface area contributed by atoms with Crippen molar-refractivity contribution in [3.63, 3.8) is 0 Å². The summed E-state index contributed by atoms with van der Waals surface area (Å²) in [5, 5.41) is 3.23. The number of carbonyl (C=O) groups excluding carboxylic acids is 1. The third-order valence-corrected chi connectivity index (χ3v) is 6.02. The van der Waals surface area contributed by atoms with Crippen LogP contribution in [0.1, 0.15) is 33.3 Å². The second-order valence-corrected chi connectivity index (χ2v) is 10.4. The van der Waals surface area contributed by atoms with E-state index in [4.69, 9.17) is 16.3 Å². The number of anilines is 1. The molecule has 0 saturated carbocycles. The van der Waals surface area contributed by atoms with Crippen molar-refractivity contribution in [2.75, 3.05) is 23.7 Å². The van der Waals surface area contributed by atoms with Gasteiger partial charge in [-0.05, 0) is 48.2 Å². The minimum Gasteiger partial charge on any atom is -0.491 e. The number of rotatable bonds is 8. The number of para-hydroxylation sites is 1. The molecule has 0 aromatic heterocycles. The van der Waals surface area contributed by atoms with Gasteiger partial charge in [-0.25, -0.2) is 8.42 Å². The van der Waals surface area contributed by atoms with Crippen molar-refractivity contribution in [3.8, 4) is 5.75 Å². The van der Waals surface area contributed by atoms with Gasteiger partial charge in [-0.15, -0.1) is 0 Å². The predicted octanol–water partition coefficient (Wildman–Crippen LogP) is 3.99. The number of benzene rings is 2. The highest BCUT2D eigenvalue weighted by molar-refractivity contribution is 7.92. The van der Waals surface area contributed by atoms with Crippen LogP contribution in [0.3, 0.4) is 0 Å². The Kier molecular flexibility index (Phi) is 7.77. The fraction of sp³-hybridized carbons (Fsp3) is 0.409. The lowest BCUT2D eigenvalue weighted by atomic mass is 9.86. The van der Waals surface area contributed by atoms with Crippen LogP contribution in [0.25, 0.3) is 0 Å². The number of carbonyl (C=O) groups is 1. The highest BCUT2D eigenvalue weighted by Gasteiger charge is 2.29. The van der Waals surface area contributed by atoms with Crippen molar-refractivity contribution in [2.45, 2.75) is 39.2 Å². The molecule has 30 heavy (non-hydrogen) atoms. The summed E-state index contributed by atoms with van der Waals surface area (Å²) in [5.41, 5.74) is 1.39. The van der Waals surface area contributed by atoms with Crippen LogP contribution in [0.2, 0.25) is 5.02 Å². The zero-order valence-electron chi connectivity index (χ0n) is 18.0. The van der Waals surface area contributed by atoms with Gasteiger partial charge in [-0.2, -0.15) is 0 Å². The minimum absolute atomic E-state index is 0.0665. The molecule has 0 unspecified atom stereocenters. The summed E-state index contributed by atoms with van der Waals surface area (Å²) in [4.78, 5) is 12.6. The third kappa shape index (κ3) is 6.37. The molecule has 6 nitrogen and oxygen atoms in total. The molecular formula is C22H29ClN2O4S. The molecule has 0 saturated heterocycles. The van der Waals surface area contributed by atoms with Crippen molar-refractivity contribution in [3.05, 3.63) is 59.1 Å². The smallest absolute Gasteiger partial charge is 0.243 e. The van der Waals surface area contributed by atoms with Crippen molar-refractivity contribution in [2.24, 2.45) is 0 Å². The summed E-state index contributed by atoms with van der Waals surface area (Å²) >= 11 is 5.89. The van der Waals surface area contributed by atoms with Gasteiger partial charge < -0.3 is 10.1 Å². The Bertz CT molecular complexity index is 969.